The van der Waals surface area contributed by atoms with Gasteiger partial charge in [0.05, 0.1) is 31.2 Å². The summed E-state index contributed by atoms with van der Waals surface area (Å²) in [5, 5.41) is 13.6. The maximum atomic E-state index is 13.1. The first kappa shape index (κ1) is 17.0. The van der Waals surface area contributed by atoms with Crippen LogP contribution in [0.3, 0.4) is 0 Å². The van der Waals surface area contributed by atoms with Gasteiger partial charge < -0.3 is 24.0 Å². The maximum Gasteiger partial charge on any atom is 0.258 e. The first-order valence-corrected chi connectivity index (χ1v) is 8.34. The molecule has 0 radical (unpaired) electrons. The maximum absolute atomic E-state index is 13.1. The van der Waals surface area contributed by atoms with Crippen LogP contribution in [0.2, 0.25) is 0 Å². The van der Waals surface area contributed by atoms with E-state index in [0.29, 0.717) is 28.4 Å². The number of aromatic nitrogens is 1. The zero-order chi connectivity index (χ0) is 19.1. The first-order valence-electron chi connectivity index (χ1n) is 8.34. The van der Waals surface area contributed by atoms with Gasteiger partial charge in [0.1, 0.15) is 5.75 Å². The van der Waals surface area contributed by atoms with E-state index in [1.165, 1.54) is 7.11 Å². The molecule has 1 aliphatic heterocycles. The quantitative estimate of drug-likeness (QED) is 0.569. The van der Waals surface area contributed by atoms with Crippen LogP contribution in [0.25, 0.3) is 10.9 Å². The molecule has 7 nitrogen and oxygen atoms in total. The van der Waals surface area contributed by atoms with Crippen LogP contribution < -0.4 is 19.8 Å². The van der Waals surface area contributed by atoms with E-state index in [4.69, 9.17) is 14.2 Å². The molecule has 0 spiro atoms. The second kappa shape index (κ2) is 6.35. The fourth-order valence-electron chi connectivity index (χ4n) is 3.56. The number of para-hydroxylation sites is 1. The van der Waals surface area contributed by atoms with Crippen molar-refractivity contribution in [2.45, 2.75) is 5.92 Å². The number of pyridine rings is 1. The number of ether oxygens (including phenoxy) is 3. The highest BCUT2D eigenvalue weighted by Crippen LogP contribution is 2.43. The zero-order valence-electron chi connectivity index (χ0n) is 15.1. The van der Waals surface area contributed by atoms with Gasteiger partial charge in [0.25, 0.3) is 5.56 Å². The molecule has 1 unspecified atom stereocenters. The second-order valence-electron chi connectivity index (χ2n) is 6.21. The van der Waals surface area contributed by atoms with E-state index in [2.05, 4.69) is 5.16 Å². The summed E-state index contributed by atoms with van der Waals surface area (Å²) in [7, 11) is 4.80. The molecule has 1 N–H and O–H groups in total. The third-order valence-electron chi connectivity index (χ3n) is 4.87. The Morgan fingerprint density at radius 1 is 1.11 bits per heavy atom. The van der Waals surface area contributed by atoms with Gasteiger partial charge >= 0.3 is 0 Å². The lowest BCUT2D eigenvalue weighted by atomic mass is 9.92. The van der Waals surface area contributed by atoms with Crippen molar-refractivity contribution in [1.29, 1.82) is 0 Å². The molecule has 4 rings (SSSR count). The molecule has 0 fully saturated rings. The van der Waals surface area contributed by atoms with Crippen molar-refractivity contribution < 1.29 is 19.4 Å². The molecule has 0 saturated heterocycles. The molecule has 1 aromatic heterocycles. The number of nitrogens with zero attached hydrogens (tertiary/aromatic N) is 2. The van der Waals surface area contributed by atoms with Crippen LogP contribution in [0.15, 0.2) is 52.4 Å². The molecular formula is C20H18N2O5. The summed E-state index contributed by atoms with van der Waals surface area (Å²) in [4.78, 5) is 13.1. The lowest BCUT2D eigenvalue weighted by Crippen LogP contribution is -2.23. The van der Waals surface area contributed by atoms with Crippen molar-refractivity contribution in [2.75, 3.05) is 14.2 Å². The van der Waals surface area contributed by atoms with Crippen molar-refractivity contribution in [1.82, 2.24) is 4.57 Å². The highest BCUT2D eigenvalue weighted by Gasteiger charge is 2.38. The van der Waals surface area contributed by atoms with Gasteiger partial charge in [-0.25, -0.2) is 0 Å². The van der Waals surface area contributed by atoms with Gasteiger partial charge in [0.15, 0.2) is 11.5 Å². The number of hydrogen-bond donors (Lipinski definition) is 1. The molecule has 0 aliphatic carbocycles. The molecule has 7 heteroatoms. The fraction of sp³-hybridized carbons (Fsp3) is 0.200. The zero-order valence-corrected chi connectivity index (χ0v) is 15.1. The van der Waals surface area contributed by atoms with Crippen LogP contribution >= 0.6 is 0 Å². The van der Waals surface area contributed by atoms with E-state index >= 15 is 0 Å². The predicted octanol–water partition coefficient (Wildman–Crippen LogP) is 2.87. The average Bonchev–Trinajstić information content (AvgIpc) is 3.11. The number of oxime groups is 1. The molecule has 2 aromatic carbocycles. The SMILES string of the molecule is COc1ccc(C2/C(=N\O)Oc3c2c(=O)n(C)c2ccccc32)cc1OC. The number of hydrogen-bond acceptors (Lipinski definition) is 6. The number of benzene rings is 2. The first-order chi connectivity index (χ1) is 13.1. The number of aryl methyl sites for hydroxylation is 1. The minimum Gasteiger partial charge on any atom is -0.493 e. The smallest absolute Gasteiger partial charge is 0.258 e. The molecule has 0 saturated carbocycles. The third-order valence-corrected chi connectivity index (χ3v) is 4.87. The summed E-state index contributed by atoms with van der Waals surface area (Å²) in [5.74, 6) is 0.896. The number of methoxy groups -OCH3 is 2. The molecule has 3 aromatic rings. The standard InChI is InChI=1S/C20H18N2O5/c1-22-13-7-5-4-6-12(13)18-17(20(22)23)16(19(21-24)27-18)11-8-9-14(25-2)15(10-11)26-3/h4-10,16,24H,1-3H3/b21-19+. The molecule has 27 heavy (non-hydrogen) atoms. The summed E-state index contributed by atoms with van der Waals surface area (Å²) < 4.78 is 18.0. The van der Waals surface area contributed by atoms with E-state index in [1.807, 2.05) is 24.3 Å². The molecule has 1 aliphatic rings. The van der Waals surface area contributed by atoms with Gasteiger partial charge in [-0.15, -0.1) is 0 Å². The largest absolute Gasteiger partial charge is 0.493 e. The van der Waals surface area contributed by atoms with Crippen molar-refractivity contribution >= 4 is 16.8 Å². The highest BCUT2D eigenvalue weighted by atomic mass is 16.5. The van der Waals surface area contributed by atoms with Gasteiger partial charge in [-0.1, -0.05) is 23.4 Å². The van der Waals surface area contributed by atoms with Crippen molar-refractivity contribution in [2.24, 2.45) is 12.2 Å². The lowest BCUT2D eigenvalue weighted by molar-refractivity contribution is 0.303. The van der Waals surface area contributed by atoms with Crippen LogP contribution in [0, 0.1) is 0 Å². The molecule has 1 atom stereocenters. The summed E-state index contributed by atoms with van der Waals surface area (Å²) >= 11 is 0. The van der Waals surface area contributed by atoms with Crippen LogP contribution in [0.4, 0.5) is 0 Å². The van der Waals surface area contributed by atoms with Crippen LogP contribution in [0.5, 0.6) is 17.2 Å². The monoisotopic (exact) mass is 366 g/mol. The normalized spacial score (nSPS) is 17.0. The summed E-state index contributed by atoms with van der Waals surface area (Å²) in [6.07, 6.45) is 0. The van der Waals surface area contributed by atoms with E-state index in [9.17, 15) is 10.0 Å². The Bertz CT molecular complexity index is 1130. The summed E-state index contributed by atoms with van der Waals surface area (Å²) in [6, 6.07) is 12.7. The van der Waals surface area contributed by atoms with Crippen LogP contribution in [-0.4, -0.2) is 29.9 Å². The van der Waals surface area contributed by atoms with Crippen LogP contribution in [-0.2, 0) is 7.05 Å². The van der Waals surface area contributed by atoms with Gasteiger partial charge in [-0.2, -0.15) is 0 Å². The number of fused-ring (bicyclic) bond motifs is 3. The van der Waals surface area contributed by atoms with Crippen LogP contribution in [0.1, 0.15) is 17.0 Å². The molecule has 0 bridgehead atoms. The van der Waals surface area contributed by atoms with E-state index < -0.39 is 5.92 Å². The molecular weight excluding hydrogens is 348 g/mol. The predicted molar refractivity (Wildman–Crippen MR) is 100 cm³/mol. The minimum absolute atomic E-state index is 0.0469. The van der Waals surface area contributed by atoms with Gasteiger partial charge in [0, 0.05) is 12.4 Å². The molecule has 0 amide bonds. The summed E-state index contributed by atoms with van der Waals surface area (Å²) in [5.41, 5.74) is 1.66. The molecule has 138 valence electrons. The van der Waals surface area contributed by atoms with Gasteiger partial charge in [-0.05, 0) is 29.8 Å². The van der Waals surface area contributed by atoms with E-state index in [0.717, 1.165) is 10.9 Å². The Kier molecular flexibility index (Phi) is 3.99. The fourth-order valence-corrected chi connectivity index (χ4v) is 3.56. The topological polar surface area (TPSA) is 82.3 Å². The third kappa shape index (κ3) is 2.43. The Labute approximate surface area is 155 Å². The Morgan fingerprint density at radius 2 is 1.85 bits per heavy atom. The lowest BCUT2D eigenvalue weighted by Gasteiger charge is -2.14. The van der Waals surface area contributed by atoms with Crippen molar-refractivity contribution in [3.8, 4) is 17.2 Å². The summed E-state index contributed by atoms with van der Waals surface area (Å²) in [6.45, 7) is 0. The average molecular weight is 366 g/mol. The highest BCUT2D eigenvalue weighted by molar-refractivity contribution is 6.00. The Hall–Kier alpha value is -3.48. The van der Waals surface area contributed by atoms with Crippen molar-refractivity contribution in [3.63, 3.8) is 0 Å². The van der Waals surface area contributed by atoms with Gasteiger partial charge in [-0.3, -0.25) is 4.79 Å². The second-order valence-corrected chi connectivity index (χ2v) is 6.21. The van der Waals surface area contributed by atoms with E-state index in [1.54, 1.807) is 36.9 Å². The molecule has 2 heterocycles. The van der Waals surface area contributed by atoms with Gasteiger partial charge in [0.2, 0.25) is 5.90 Å². The Balaban J connectivity index is 2.01. The Morgan fingerprint density at radius 3 is 2.56 bits per heavy atom. The number of rotatable bonds is 3. The minimum atomic E-state index is -0.645. The van der Waals surface area contributed by atoms with E-state index in [-0.39, 0.29) is 11.5 Å². The van der Waals surface area contributed by atoms with Crippen molar-refractivity contribution in [3.05, 3.63) is 63.9 Å².